The number of aromatic hydroxyl groups is 4. The Morgan fingerprint density at radius 1 is 0.778 bits per heavy atom. The van der Waals surface area contributed by atoms with Crippen molar-refractivity contribution in [2.45, 2.75) is 0 Å². The molecule has 186 valence electrons. The van der Waals surface area contributed by atoms with Crippen molar-refractivity contribution in [2.75, 3.05) is 21.3 Å². The quantitative estimate of drug-likeness (QED) is 0.228. The van der Waals surface area contributed by atoms with Gasteiger partial charge in [-0.05, 0) is 30.3 Å². The highest BCUT2D eigenvalue weighted by Gasteiger charge is 2.25. The molecule has 0 aliphatic rings. The van der Waals surface area contributed by atoms with Crippen LogP contribution < -0.4 is 24.4 Å². The number of esters is 1. The van der Waals surface area contributed by atoms with Crippen molar-refractivity contribution < 1.29 is 48.6 Å². The summed E-state index contributed by atoms with van der Waals surface area (Å²) in [6.07, 6.45) is 0. The Morgan fingerprint density at radius 3 is 2.03 bits per heavy atom. The number of fused-ring (bicyclic) bond motifs is 1. The first-order valence-corrected chi connectivity index (χ1v) is 10.3. The molecule has 0 radical (unpaired) electrons. The third kappa shape index (κ3) is 4.13. The van der Waals surface area contributed by atoms with Gasteiger partial charge in [-0.3, -0.25) is 4.79 Å². The summed E-state index contributed by atoms with van der Waals surface area (Å²) in [5.41, 5.74) is -1.16. The molecule has 0 aliphatic heterocycles. The van der Waals surface area contributed by atoms with E-state index in [0.29, 0.717) is 0 Å². The first kappa shape index (κ1) is 24.1. The highest BCUT2D eigenvalue weighted by Crippen LogP contribution is 2.40. The van der Waals surface area contributed by atoms with Crippen LogP contribution in [0.3, 0.4) is 0 Å². The number of hydrogen-bond acceptors (Lipinski definition) is 11. The van der Waals surface area contributed by atoms with Crippen molar-refractivity contribution in [3.63, 3.8) is 0 Å². The van der Waals surface area contributed by atoms with Crippen LogP contribution in [-0.2, 0) is 0 Å². The summed E-state index contributed by atoms with van der Waals surface area (Å²) in [6.45, 7) is 0. The van der Waals surface area contributed by atoms with Gasteiger partial charge < -0.3 is 43.8 Å². The molecular formula is C25H20O11. The molecule has 3 aromatic carbocycles. The van der Waals surface area contributed by atoms with Gasteiger partial charge in [0.15, 0.2) is 28.8 Å². The van der Waals surface area contributed by atoms with E-state index in [1.807, 2.05) is 0 Å². The minimum absolute atomic E-state index is 0.0554. The predicted molar refractivity (Wildman–Crippen MR) is 126 cm³/mol. The zero-order valence-corrected chi connectivity index (χ0v) is 19.2. The Kier molecular flexibility index (Phi) is 6.22. The molecule has 4 aromatic rings. The Morgan fingerprint density at radius 2 is 1.44 bits per heavy atom. The molecule has 4 N–H and O–H groups in total. The monoisotopic (exact) mass is 496 g/mol. The van der Waals surface area contributed by atoms with E-state index in [9.17, 15) is 30.0 Å². The van der Waals surface area contributed by atoms with E-state index in [4.69, 9.17) is 23.4 Å². The predicted octanol–water partition coefficient (Wildman–Crippen LogP) is 3.53. The lowest BCUT2D eigenvalue weighted by Crippen LogP contribution is -2.17. The van der Waals surface area contributed by atoms with Gasteiger partial charge in [0.1, 0.15) is 22.5 Å². The Balaban J connectivity index is 1.93. The van der Waals surface area contributed by atoms with Crippen molar-refractivity contribution >= 4 is 16.9 Å². The van der Waals surface area contributed by atoms with E-state index in [0.717, 1.165) is 24.3 Å². The summed E-state index contributed by atoms with van der Waals surface area (Å²) in [5, 5.41) is 39.4. The van der Waals surface area contributed by atoms with Gasteiger partial charge in [0.2, 0.25) is 16.9 Å². The van der Waals surface area contributed by atoms with Gasteiger partial charge in [-0.2, -0.15) is 0 Å². The zero-order valence-electron chi connectivity index (χ0n) is 19.2. The van der Waals surface area contributed by atoms with Crippen LogP contribution in [0.2, 0.25) is 0 Å². The van der Waals surface area contributed by atoms with Crippen molar-refractivity contribution in [1.29, 1.82) is 0 Å². The van der Waals surface area contributed by atoms with Crippen LogP contribution in [0.15, 0.2) is 51.7 Å². The lowest BCUT2D eigenvalue weighted by molar-refractivity contribution is 0.0730. The van der Waals surface area contributed by atoms with E-state index in [1.165, 1.54) is 39.5 Å². The highest BCUT2D eigenvalue weighted by atomic mass is 16.5. The smallest absolute Gasteiger partial charge is 0.344 e. The summed E-state index contributed by atoms with van der Waals surface area (Å²) < 4.78 is 26.9. The molecule has 0 atom stereocenters. The Labute approximate surface area is 202 Å². The molecule has 0 aliphatic carbocycles. The molecule has 0 spiro atoms. The highest BCUT2D eigenvalue weighted by molar-refractivity contribution is 5.95. The second kappa shape index (κ2) is 9.29. The Bertz CT molecular complexity index is 1530. The summed E-state index contributed by atoms with van der Waals surface area (Å²) in [4.78, 5) is 26.5. The van der Waals surface area contributed by atoms with Gasteiger partial charge in [-0.15, -0.1) is 0 Å². The SMILES string of the molecule is COc1cc(C(=O)Oc2c(-c3ccc(O)c(O)c3)oc3cc(O)cc(O)c3c2=O)cc(OC)c1OC. The fourth-order valence-electron chi connectivity index (χ4n) is 3.57. The van der Waals surface area contributed by atoms with E-state index in [1.54, 1.807) is 0 Å². The molecular weight excluding hydrogens is 476 g/mol. The number of phenolic OH excluding ortho intramolecular Hbond substituents is 4. The number of ether oxygens (including phenoxy) is 4. The number of methoxy groups -OCH3 is 3. The third-order valence-corrected chi connectivity index (χ3v) is 5.25. The third-order valence-electron chi connectivity index (χ3n) is 5.25. The van der Waals surface area contributed by atoms with E-state index in [-0.39, 0.29) is 50.9 Å². The van der Waals surface area contributed by atoms with Crippen LogP contribution in [0.5, 0.6) is 46.0 Å². The molecule has 0 amide bonds. The zero-order chi connectivity index (χ0) is 26.1. The van der Waals surface area contributed by atoms with Crippen LogP contribution in [0, 0.1) is 0 Å². The van der Waals surface area contributed by atoms with Gasteiger partial charge in [0, 0.05) is 17.7 Å². The van der Waals surface area contributed by atoms with E-state index in [2.05, 4.69) is 0 Å². The number of benzene rings is 3. The van der Waals surface area contributed by atoms with Crippen LogP contribution in [0.1, 0.15) is 10.4 Å². The molecule has 4 rings (SSSR count). The fraction of sp³-hybridized carbons (Fsp3) is 0.120. The fourth-order valence-corrected chi connectivity index (χ4v) is 3.57. The molecule has 0 fully saturated rings. The maximum absolute atomic E-state index is 13.4. The molecule has 1 aromatic heterocycles. The lowest BCUT2D eigenvalue weighted by atomic mass is 10.1. The molecule has 11 heteroatoms. The maximum atomic E-state index is 13.4. The number of phenols is 4. The topological polar surface area (TPSA) is 165 Å². The van der Waals surface area contributed by atoms with Crippen LogP contribution in [0.4, 0.5) is 0 Å². The second-order valence-corrected chi connectivity index (χ2v) is 7.43. The first-order chi connectivity index (χ1) is 17.2. The number of carbonyl (C=O) groups excluding carboxylic acids is 1. The molecule has 0 bridgehead atoms. The van der Waals surface area contributed by atoms with Crippen molar-refractivity contribution in [3.05, 3.63) is 58.3 Å². The molecule has 0 unspecified atom stereocenters. The summed E-state index contributed by atoms with van der Waals surface area (Å²) in [6, 6.07) is 8.17. The summed E-state index contributed by atoms with van der Waals surface area (Å²) in [5.74, 6) is -3.36. The number of hydrogen-bond donors (Lipinski definition) is 4. The van der Waals surface area contributed by atoms with Crippen molar-refractivity contribution in [1.82, 2.24) is 0 Å². The van der Waals surface area contributed by atoms with Gasteiger partial charge in [-0.25, -0.2) is 4.79 Å². The minimum Gasteiger partial charge on any atom is -0.508 e. The van der Waals surface area contributed by atoms with E-state index < -0.39 is 34.4 Å². The molecule has 11 nitrogen and oxygen atoms in total. The van der Waals surface area contributed by atoms with Crippen LogP contribution in [-0.4, -0.2) is 47.7 Å². The number of carbonyl (C=O) groups is 1. The maximum Gasteiger partial charge on any atom is 0.344 e. The average Bonchev–Trinajstić information content (AvgIpc) is 2.85. The van der Waals surface area contributed by atoms with Gasteiger partial charge >= 0.3 is 5.97 Å². The number of rotatable bonds is 6. The average molecular weight is 496 g/mol. The largest absolute Gasteiger partial charge is 0.508 e. The van der Waals surface area contributed by atoms with Crippen molar-refractivity contribution in [2.24, 2.45) is 0 Å². The van der Waals surface area contributed by atoms with E-state index >= 15 is 0 Å². The summed E-state index contributed by atoms with van der Waals surface area (Å²) >= 11 is 0. The normalized spacial score (nSPS) is 10.8. The van der Waals surface area contributed by atoms with Gasteiger partial charge in [0.25, 0.3) is 0 Å². The van der Waals surface area contributed by atoms with Crippen molar-refractivity contribution in [3.8, 4) is 57.3 Å². The lowest BCUT2D eigenvalue weighted by Gasteiger charge is -2.15. The molecule has 0 saturated carbocycles. The second-order valence-electron chi connectivity index (χ2n) is 7.43. The van der Waals surface area contributed by atoms with Crippen LogP contribution in [0.25, 0.3) is 22.3 Å². The Hall–Kier alpha value is -5.06. The minimum atomic E-state index is -1.01. The molecule has 36 heavy (non-hydrogen) atoms. The van der Waals surface area contributed by atoms with Crippen LogP contribution >= 0.6 is 0 Å². The molecule has 1 heterocycles. The van der Waals surface area contributed by atoms with Gasteiger partial charge in [0.05, 0.1) is 26.9 Å². The molecule has 0 saturated heterocycles. The van der Waals surface area contributed by atoms with Gasteiger partial charge in [-0.1, -0.05) is 0 Å². The summed E-state index contributed by atoms with van der Waals surface area (Å²) in [7, 11) is 4.11. The standard InChI is InChI=1S/C25H20O11/c1-32-18-7-12(8-19(33-2)23(18)34-3)25(31)36-24-21(30)20-16(29)9-13(26)10-17(20)35-22(24)11-4-5-14(27)15(28)6-11/h4-10,26-29H,1-3H3. The first-order valence-electron chi connectivity index (χ1n) is 10.3.